The maximum absolute atomic E-state index is 12.9. The molecule has 1 amide bonds. The Labute approximate surface area is 175 Å². The summed E-state index contributed by atoms with van der Waals surface area (Å²) < 4.78 is 6.04. The first-order valence-corrected chi connectivity index (χ1v) is 9.50. The number of halogens is 1. The molecule has 0 unspecified atom stereocenters. The fourth-order valence-electron chi connectivity index (χ4n) is 2.74. The first-order valence-electron chi connectivity index (χ1n) is 8.42. The molecular weight excluding hydrogens is 475 g/mol. The van der Waals surface area contributed by atoms with Gasteiger partial charge in [0.2, 0.25) is 0 Å². The lowest BCUT2D eigenvalue weighted by Crippen LogP contribution is -2.21. The van der Waals surface area contributed by atoms with Gasteiger partial charge < -0.3 is 14.9 Å². The van der Waals surface area contributed by atoms with Crippen LogP contribution >= 0.6 is 22.6 Å². The number of ether oxygens (including phenoxy) is 1. The standard InChI is InChI=1S/C20H17IN2O5/c1-3-28-17-9-12(8-16(21)18(17)24)7-15-11(2)22-23(19(15)25)14-6-4-5-13(10-14)20(26)27/h4-10,24H,3H2,1-2H3,(H,26,27)/b15-7-. The molecule has 0 saturated carbocycles. The van der Waals surface area contributed by atoms with E-state index in [1.165, 1.54) is 17.1 Å². The van der Waals surface area contributed by atoms with E-state index >= 15 is 0 Å². The molecule has 0 radical (unpaired) electrons. The summed E-state index contributed by atoms with van der Waals surface area (Å²) in [6, 6.07) is 9.43. The number of amides is 1. The molecule has 0 spiro atoms. The molecule has 8 heteroatoms. The van der Waals surface area contributed by atoms with Crippen LogP contribution < -0.4 is 9.75 Å². The molecule has 28 heavy (non-hydrogen) atoms. The van der Waals surface area contributed by atoms with Crippen molar-refractivity contribution in [2.24, 2.45) is 5.10 Å². The van der Waals surface area contributed by atoms with E-state index in [4.69, 9.17) is 9.84 Å². The van der Waals surface area contributed by atoms with Gasteiger partial charge in [-0.1, -0.05) is 6.07 Å². The van der Waals surface area contributed by atoms with Gasteiger partial charge in [-0.2, -0.15) is 10.1 Å². The zero-order valence-electron chi connectivity index (χ0n) is 15.1. The molecule has 1 aliphatic heterocycles. The number of aromatic hydroxyl groups is 1. The average molecular weight is 492 g/mol. The second-order valence-corrected chi connectivity index (χ2v) is 7.16. The van der Waals surface area contributed by atoms with Crippen molar-refractivity contribution in [3.63, 3.8) is 0 Å². The smallest absolute Gasteiger partial charge is 0.335 e. The third-order valence-electron chi connectivity index (χ3n) is 4.06. The Morgan fingerprint density at radius 3 is 2.75 bits per heavy atom. The van der Waals surface area contributed by atoms with E-state index in [0.29, 0.717) is 38.5 Å². The molecule has 0 bridgehead atoms. The van der Waals surface area contributed by atoms with Crippen LogP contribution in [0.2, 0.25) is 0 Å². The van der Waals surface area contributed by atoms with Crippen molar-refractivity contribution in [2.75, 3.05) is 11.6 Å². The number of hydrazone groups is 1. The maximum Gasteiger partial charge on any atom is 0.335 e. The van der Waals surface area contributed by atoms with E-state index in [9.17, 15) is 14.7 Å². The Morgan fingerprint density at radius 2 is 2.07 bits per heavy atom. The second-order valence-electron chi connectivity index (χ2n) is 6.00. The van der Waals surface area contributed by atoms with Crippen LogP contribution in [-0.2, 0) is 4.79 Å². The van der Waals surface area contributed by atoms with E-state index in [1.54, 1.807) is 37.3 Å². The first-order chi connectivity index (χ1) is 13.3. The van der Waals surface area contributed by atoms with Gasteiger partial charge in [0.1, 0.15) is 0 Å². The van der Waals surface area contributed by atoms with Crippen LogP contribution in [0.3, 0.4) is 0 Å². The molecule has 0 fully saturated rings. The number of rotatable bonds is 5. The molecule has 2 N–H and O–H groups in total. The van der Waals surface area contributed by atoms with Crippen molar-refractivity contribution in [3.8, 4) is 11.5 Å². The zero-order valence-corrected chi connectivity index (χ0v) is 17.3. The largest absolute Gasteiger partial charge is 0.504 e. The summed E-state index contributed by atoms with van der Waals surface area (Å²) in [7, 11) is 0. The molecule has 7 nitrogen and oxygen atoms in total. The highest BCUT2D eigenvalue weighted by atomic mass is 127. The fourth-order valence-corrected chi connectivity index (χ4v) is 3.36. The van der Waals surface area contributed by atoms with Gasteiger partial charge in [-0.3, -0.25) is 4.79 Å². The van der Waals surface area contributed by atoms with Crippen LogP contribution in [0.5, 0.6) is 11.5 Å². The minimum absolute atomic E-state index is 0.0554. The Balaban J connectivity index is 1.97. The number of carboxylic acids is 1. The number of carbonyl (C=O) groups is 2. The van der Waals surface area contributed by atoms with Gasteiger partial charge in [0.25, 0.3) is 5.91 Å². The van der Waals surface area contributed by atoms with Crippen molar-refractivity contribution >= 4 is 51.9 Å². The molecule has 0 aliphatic carbocycles. The molecular formula is C20H17IN2O5. The maximum atomic E-state index is 12.9. The van der Waals surface area contributed by atoms with Gasteiger partial charge in [-0.25, -0.2) is 4.79 Å². The lowest BCUT2D eigenvalue weighted by atomic mass is 10.1. The van der Waals surface area contributed by atoms with E-state index in [2.05, 4.69) is 5.10 Å². The number of carboxylic acid groups (broad SMARTS) is 1. The lowest BCUT2D eigenvalue weighted by molar-refractivity contribution is -0.114. The van der Waals surface area contributed by atoms with Gasteiger partial charge in [0, 0.05) is 0 Å². The molecule has 2 aromatic carbocycles. The van der Waals surface area contributed by atoms with Crippen LogP contribution in [0.15, 0.2) is 47.1 Å². The summed E-state index contributed by atoms with van der Waals surface area (Å²) in [4.78, 5) is 24.1. The normalized spacial score (nSPS) is 15.1. The number of anilines is 1. The monoisotopic (exact) mass is 492 g/mol. The Morgan fingerprint density at radius 1 is 1.32 bits per heavy atom. The van der Waals surface area contributed by atoms with Crippen LogP contribution in [-0.4, -0.2) is 34.4 Å². The summed E-state index contributed by atoms with van der Waals surface area (Å²) in [5, 5.41) is 24.7. The van der Waals surface area contributed by atoms with Gasteiger partial charge in [0.15, 0.2) is 11.5 Å². The molecule has 0 atom stereocenters. The molecule has 0 saturated heterocycles. The minimum Gasteiger partial charge on any atom is -0.504 e. The van der Waals surface area contributed by atoms with Crippen molar-refractivity contribution in [1.82, 2.24) is 0 Å². The zero-order chi connectivity index (χ0) is 20.4. The van der Waals surface area contributed by atoms with Crippen LogP contribution in [0.1, 0.15) is 29.8 Å². The Kier molecular flexibility index (Phi) is 5.68. The Bertz CT molecular complexity index is 1030. The van der Waals surface area contributed by atoms with Crippen LogP contribution in [0.25, 0.3) is 6.08 Å². The number of hydrogen-bond donors (Lipinski definition) is 2. The third-order valence-corrected chi connectivity index (χ3v) is 4.88. The second kappa shape index (κ2) is 8.01. The predicted molar refractivity (Wildman–Crippen MR) is 114 cm³/mol. The van der Waals surface area contributed by atoms with Crippen LogP contribution in [0.4, 0.5) is 5.69 Å². The summed E-state index contributed by atoms with van der Waals surface area (Å²) in [6.07, 6.45) is 1.67. The highest BCUT2D eigenvalue weighted by Gasteiger charge is 2.29. The number of nitrogens with zero attached hydrogens (tertiary/aromatic N) is 2. The van der Waals surface area contributed by atoms with E-state index in [1.807, 2.05) is 29.5 Å². The van der Waals surface area contributed by atoms with Gasteiger partial charge in [-0.15, -0.1) is 0 Å². The highest BCUT2D eigenvalue weighted by molar-refractivity contribution is 14.1. The molecule has 3 rings (SSSR count). The first kappa shape index (κ1) is 19.9. The number of aromatic carboxylic acids is 1. The fraction of sp³-hybridized carbons (Fsp3) is 0.150. The number of carbonyl (C=O) groups excluding carboxylic acids is 1. The van der Waals surface area contributed by atoms with Gasteiger partial charge in [0.05, 0.1) is 32.7 Å². The molecule has 144 valence electrons. The summed E-state index contributed by atoms with van der Waals surface area (Å²) >= 11 is 2.00. The molecule has 1 heterocycles. The average Bonchev–Trinajstić information content (AvgIpc) is 2.94. The summed E-state index contributed by atoms with van der Waals surface area (Å²) in [5.41, 5.74) is 2.02. The van der Waals surface area contributed by atoms with Crippen molar-refractivity contribution < 1.29 is 24.5 Å². The number of hydrogen-bond acceptors (Lipinski definition) is 5. The quantitative estimate of drug-likeness (QED) is 0.488. The van der Waals surface area contributed by atoms with E-state index in [-0.39, 0.29) is 17.2 Å². The van der Waals surface area contributed by atoms with Gasteiger partial charge in [-0.05, 0) is 78.4 Å². The predicted octanol–water partition coefficient (Wildman–Crippen LogP) is 3.90. The van der Waals surface area contributed by atoms with Crippen molar-refractivity contribution in [1.29, 1.82) is 0 Å². The number of benzene rings is 2. The summed E-state index contributed by atoms with van der Waals surface area (Å²) in [6.45, 7) is 3.92. The number of phenolic OH excluding ortho intramolecular Hbond substituents is 1. The SMILES string of the molecule is CCOc1cc(/C=C2\C(=O)N(c3cccc(C(=O)O)c3)N=C2C)cc(I)c1O. The third kappa shape index (κ3) is 3.86. The molecule has 2 aromatic rings. The van der Waals surface area contributed by atoms with E-state index < -0.39 is 5.97 Å². The van der Waals surface area contributed by atoms with Crippen molar-refractivity contribution in [3.05, 3.63) is 56.7 Å². The van der Waals surface area contributed by atoms with Crippen molar-refractivity contribution in [2.45, 2.75) is 13.8 Å². The number of phenols is 1. The highest BCUT2D eigenvalue weighted by Crippen LogP contribution is 2.34. The Hall–Kier alpha value is -2.88. The summed E-state index contributed by atoms with van der Waals surface area (Å²) in [5.74, 6) is -1.04. The van der Waals surface area contributed by atoms with E-state index in [0.717, 1.165) is 0 Å². The minimum atomic E-state index is -1.08. The van der Waals surface area contributed by atoms with Crippen LogP contribution in [0, 0.1) is 3.57 Å². The molecule has 0 aromatic heterocycles. The topological polar surface area (TPSA) is 99.4 Å². The van der Waals surface area contributed by atoms with Gasteiger partial charge >= 0.3 is 5.97 Å². The lowest BCUT2D eigenvalue weighted by Gasteiger charge is -2.12. The molecule has 1 aliphatic rings.